The summed E-state index contributed by atoms with van der Waals surface area (Å²) in [4.78, 5) is 88.4. The van der Waals surface area contributed by atoms with E-state index in [-0.39, 0.29) is 74.2 Å². The number of alkyl halides is 3. The molecule has 6 atom stereocenters. The number of hydrazine groups is 1. The van der Waals surface area contributed by atoms with E-state index in [4.69, 9.17) is 14.5 Å². The number of carbonyl (C=O) groups excluding carboxylic acids is 5. The summed E-state index contributed by atoms with van der Waals surface area (Å²) in [5.41, 5.74) is 5.72. The van der Waals surface area contributed by atoms with E-state index in [2.05, 4.69) is 20.6 Å². The van der Waals surface area contributed by atoms with Crippen molar-refractivity contribution in [3.05, 3.63) is 58.2 Å². The van der Waals surface area contributed by atoms with Gasteiger partial charge in [0, 0.05) is 85.2 Å². The Hall–Kier alpha value is -5.48. The second kappa shape index (κ2) is 21.2. The van der Waals surface area contributed by atoms with Crippen molar-refractivity contribution in [3.63, 3.8) is 0 Å². The van der Waals surface area contributed by atoms with Gasteiger partial charge in [0.25, 0.3) is 5.91 Å². The zero-order valence-corrected chi connectivity index (χ0v) is 46.4. The number of cyclic esters (lactones) is 1. The van der Waals surface area contributed by atoms with Crippen LogP contribution in [0.4, 0.5) is 13.2 Å². The van der Waals surface area contributed by atoms with Crippen LogP contribution in [0.15, 0.2) is 41.9 Å². The van der Waals surface area contributed by atoms with Gasteiger partial charge in [0.15, 0.2) is 0 Å². The van der Waals surface area contributed by atoms with E-state index in [0.717, 1.165) is 38.5 Å². The summed E-state index contributed by atoms with van der Waals surface area (Å²) in [6, 6.07) is 6.18. The van der Waals surface area contributed by atoms with Crippen LogP contribution in [-0.4, -0.2) is 177 Å². The summed E-state index contributed by atoms with van der Waals surface area (Å²) < 4.78 is 58.1. The highest BCUT2D eigenvalue weighted by Gasteiger charge is 2.63. The first-order chi connectivity index (χ1) is 37.2. The second-order valence-corrected chi connectivity index (χ2v) is 25.4. The van der Waals surface area contributed by atoms with Gasteiger partial charge in [-0.1, -0.05) is 46.6 Å². The van der Waals surface area contributed by atoms with Gasteiger partial charge in [-0.05, 0) is 92.5 Å². The number of fused-ring (bicyclic) bond motifs is 6. The number of amides is 4. The molecule has 5 aliphatic heterocycles. The van der Waals surface area contributed by atoms with Crippen LogP contribution < -0.4 is 10.7 Å². The van der Waals surface area contributed by atoms with Crippen molar-refractivity contribution in [2.24, 2.45) is 17.3 Å². The highest BCUT2D eigenvalue weighted by atomic mass is 32.1. The van der Waals surface area contributed by atoms with Crippen molar-refractivity contribution in [3.8, 4) is 22.5 Å². The number of likely N-dealkylation sites (N-methyl/N-ethyl adjacent to an activating group) is 1. The number of rotatable bonds is 11. The third-order valence-corrected chi connectivity index (χ3v) is 18.1. The first kappa shape index (κ1) is 54.5. The van der Waals surface area contributed by atoms with Crippen LogP contribution in [0.5, 0.6) is 0 Å². The van der Waals surface area contributed by atoms with E-state index in [1.165, 1.54) is 20.9 Å². The Kier molecular flexibility index (Phi) is 14.8. The number of hydrogen-bond acceptors (Lipinski definition) is 13. The first-order valence-electron chi connectivity index (χ1n) is 28.0. The number of benzene rings is 1. The number of pyridine rings is 1. The summed E-state index contributed by atoms with van der Waals surface area (Å²) in [7, 11) is 3.46. The molecule has 21 heteroatoms. The fourth-order valence-corrected chi connectivity index (χ4v) is 14.0. The zero-order chi connectivity index (χ0) is 55.0. The predicted octanol–water partition coefficient (Wildman–Crippen LogP) is 6.18. The number of ether oxygens (including phenoxy) is 2. The molecule has 7 aliphatic rings. The SMILES string of the molecule is CC(C)c1ncccc1-c1c2c3cc(ccc3n1CC(F)(F)F)-c1csc(n1)C[C@H](NC(=O)[C@H](C1CCCC1)N1CCOC3(CN(C(=O)[C@H]4[C@@H](C5CC5)N4CC(=O)N(C)C)C3)C1)C(=O)N1CCC[C@H](N1)C(=O)OCC(C)(C)C2. The number of likely N-dealkylation sites (tertiary alicyclic amines) is 1. The lowest BCUT2D eigenvalue weighted by atomic mass is 9.84. The van der Waals surface area contributed by atoms with Crippen LogP contribution in [0, 0.1) is 17.3 Å². The maximum atomic E-state index is 15.2. The number of halogens is 3. The quantitative estimate of drug-likeness (QED) is 0.129. The van der Waals surface area contributed by atoms with Gasteiger partial charge in [0.1, 0.15) is 30.3 Å². The van der Waals surface area contributed by atoms with E-state index in [0.29, 0.717) is 101 Å². The molecule has 1 aromatic carbocycles. The maximum Gasteiger partial charge on any atom is 0.406 e. The molecule has 2 saturated carbocycles. The molecule has 4 amide bonds. The molecule has 420 valence electrons. The molecule has 4 saturated heterocycles. The van der Waals surface area contributed by atoms with Crippen molar-refractivity contribution in [2.45, 2.75) is 146 Å². The number of nitrogens with zero attached hydrogens (tertiary/aromatic N) is 8. The average molecular weight is 1100 g/mol. The molecule has 1 spiro atoms. The summed E-state index contributed by atoms with van der Waals surface area (Å²) in [6.45, 7) is 9.08. The normalized spacial score (nSPS) is 26.2. The Bertz CT molecular complexity index is 2960. The second-order valence-electron chi connectivity index (χ2n) is 24.4. The van der Waals surface area contributed by atoms with Crippen LogP contribution in [0.3, 0.4) is 0 Å². The van der Waals surface area contributed by atoms with Crippen LogP contribution in [0.1, 0.15) is 101 Å². The van der Waals surface area contributed by atoms with Crippen molar-refractivity contribution in [2.75, 3.05) is 66.6 Å². The number of hydrogen-bond donors (Lipinski definition) is 2. The van der Waals surface area contributed by atoms with Crippen molar-refractivity contribution >= 4 is 51.8 Å². The minimum atomic E-state index is -4.56. The Morgan fingerprint density at radius 1 is 1.00 bits per heavy atom. The van der Waals surface area contributed by atoms with Gasteiger partial charge in [-0.2, -0.15) is 13.2 Å². The van der Waals surface area contributed by atoms with Gasteiger partial charge in [0.2, 0.25) is 17.7 Å². The fourth-order valence-electron chi connectivity index (χ4n) is 13.2. The Balaban J connectivity index is 0.892. The number of esters is 1. The molecule has 6 bridgehead atoms. The number of nitrogens with one attached hydrogen (secondary N) is 2. The summed E-state index contributed by atoms with van der Waals surface area (Å²) in [5.74, 6) is -0.900. The number of aromatic nitrogens is 3. The molecule has 11 rings (SSSR count). The highest BCUT2D eigenvalue weighted by molar-refractivity contribution is 7.10. The summed E-state index contributed by atoms with van der Waals surface area (Å²) in [5, 5.41) is 7.71. The molecule has 4 aromatic rings. The van der Waals surface area contributed by atoms with Crippen molar-refractivity contribution in [1.82, 2.24) is 49.9 Å². The molecule has 3 aromatic heterocycles. The average Bonchev–Trinajstić information content (AvgIpc) is 4.33. The molecule has 1 unspecified atom stereocenters. The van der Waals surface area contributed by atoms with Gasteiger partial charge in [-0.15, -0.1) is 11.3 Å². The molecule has 2 N–H and O–H groups in total. The molecule has 8 heterocycles. The molecule has 6 fully saturated rings. The lowest BCUT2D eigenvalue weighted by Crippen LogP contribution is -2.73. The minimum Gasteiger partial charge on any atom is -0.464 e. The molecule has 2 aliphatic carbocycles. The van der Waals surface area contributed by atoms with Gasteiger partial charge < -0.3 is 29.2 Å². The smallest absolute Gasteiger partial charge is 0.406 e. The monoisotopic (exact) mass is 1100 g/mol. The van der Waals surface area contributed by atoms with Crippen molar-refractivity contribution < 1.29 is 46.6 Å². The summed E-state index contributed by atoms with van der Waals surface area (Å²) >= 11 is 1.34. The summed E-state index contributed by atoms with van der Waals surface area (Å²) in [6.07, 6.45) is 4.04. The number of carbonyl (C=O) groups is 5. The minimum absolute atomic E-state index is 0.0187. The topological polar surface area (TPSA) is 175 Å². The Labute approximate surface area is 457 Å². The number of morpholine rings is 1. The lowest BCUT2D eigenvalue weighted by molar-refractivity contribution is -0.198. The third kappa shape index (κ3) is 11.1. The van der Waals surface area contributed by atoms with Gasteiger partial charge >= 0.3 is 12.1 Å². The molecule has 17 nitrogen and oxygen atoms in total. The maximum absolute atomic E-state index is 15.2. The Morgan fingerprint density at radius 3 is 2.49 bits per heavy atom. The lowest BCUT2D eigenvalue weighted by Gasteiger charge is -2.55. The Morgan fingerprint density at radius 2 is 1.77 bits per heavy atom. The van der Waals surface area contributed by atoms with E-state index in [1.807, 2.05) is 55.0 Å². The molecule has 78 heavy (non-hydrogen) atoms. The molecular weight excluding hydrogens is 1030 g/mol. The van der Waals surface area contributed by atoms with Crippen LogP contribution in [0.25, 0.3) is 33.4 Å². The molecule has 0 radical (unpaired) electrons. The van der Waals surface area contributed by atoms with Crippen LogP contribution >= 0.6 is 11.3 Å². The van der Waals surface area contributed by atoms with Gasteiger partial charge in [-0.3, -0.25) is 43.8 Å². The van der Waals surface area contributed by atoms with Crippen LogP contribution in [-0.2, 0) is 52.8 Å². The van der Waals surface area contributed by atoms with E-state index in [9.17, 15) is 32.3 Å². The first-order valence-corrected chi connectivity index (χ1v) is 28.8. The van der Waals surface area contributed by atoms with E-state index >= 15 is 4.79 Å². The highest BCUT2D eigenvalue weighted by Crippen LogP contribution is 2.49. The number of thiazole rings is 1. The standard InChI is InChI=1S/C57H73F3N10O7S/c1-33(2)46-37(13-9-19-61-46)49-39-25-55(3,4)32-76-54(75)40-14-10-20-70(64-40)52(73)41(24-44-62-42(27-78-44)36-17-18-43(38(39)23-36)69(49)31-57(58,59)60)63-51(72)48(34-11-7-8-12-34)66-21-22-77-56(28-66)29-67(30-56)53(74)50-47(35-15-16-35)68(50)26-45(71)65(5)6/h9,13,17-19,23,27,33-35,40-41,47-48,50,64H,7-8,10-12,14-16,20-22,24-26,28-32H2,1-6H3,(H,63,72)/t40-,41-,47+,48-,50+,68?/m0/s1. The van der Waals surface area contributed by atoms with E-state index < -0.39 is 53.7 Å². The third-order valence-electron chi connectivity index (χ3n) is 17.2. The van der Waals surface area contributed by atoms with Crippen molar-refractivity contribution in [1.29, 1.82) is 0 Å². The fraction of sp³-hybridized carbons (Fsp3) is 0.632. The zero-order valence-electron chi connectivity index (χ0n) is 45.6. The van der Waals surface area contributed by atoms with E-state index in [1.54, 1.807) is 43.4 Å². The predicted molar refractivity (Wildman–Crippen MR) is 287 cm³/mol. The largest absolute Gasteiger partial charge is 0.464 e. The van der Waals surface area contributed by atoms with Gasteiger partial charge in [-0.25, -0.2) is 10.4 Å². The molecular formula is C57H73F3N10O7S. The van der Waals surface area contributed by atoms with Gasteiger partial charge in [0.05, 0.1) is 61.0 Å². The van der Waals surface area contributed by atoms with Crippen LogP contribution in [0.2, 0.25) is 0 Å².